The molecule has 2 rings (SSSR count). The largest absolute Gasteiger partial charge is 0.331 e. The third-order valence-corrected chi connectivity index (χ3v) is 4.44. The van der Waals surface area contributed by atoms with E-state index in [9.17, 15) is 13.6 Å². The molecular formula is C18H27F2N3O. The Morgan fingerprint density at radius 3 is 2.67 bits per heavy atom. The van der Waals surface area contributed by atoms with E-state index < -0.39 is 17.7 Å². The lowest BCUT2D eigenvalue weighted by Crippen LogP contribution is -2.42. The van der Waals surface area contributed by atoms with Crippen molar-refractivity contribution in [3.8, 4) is 0 Å². The van der Waals surface area contributed by atoms with E-state index >= 15 is 0 Å². The summed E-state index contributed by atoms with van der Waals surface area (Å²) in [6.07, 6.45) is 0.975. The van der Waals surface area contributed by atoms with Crippen LogP contribution in [0.3, 0.4) is 0 Å². The van der Waals surface area contributed by atoms with E-state index in [1.165, 1.54) is 12.1 Å². The van der Waals surface area contributed by atoms with Crippen molar-refractivity contribution in [3.63, 3.8) is 0 Å². The van der Waals surface area contributed by atoms with Crippen LogP contribution in [0.25, 0.3) is 0 Å². The lowest BCUT2D eigenvalue weighted by molar-refractivity contribution is 0.197. The molecule has 1 heterocycles. The fourth-order valence-electron chi connectivity index (χ4n) is 3.26. The standard InChI is InChI=1S/C18H27F2N3O/c1-12(2)17(15-6-5-14(19)9-16(15)20)21-18(24)23-8-7-13(11-23)10-22(3)4/h5-6,9,12-13,17H,7-8,10-11H2,1-4H3,(H,21,24)/t13-,17-/m1/s1. The first-order valence-corrected chi connectivity index (χ1v) is 8.43. The second-order valence-electron chi connectivity index (χ2n) is 7.20. The number of urea groups is 1. The highest BCUT2D eigenvalue weighted by molar-refractivity contribution is 5.75. The molecule has 0 saturated carbocycles. The molecule has 134 valence electrons. The molecule has 1 aromatic carbocycles. The fourth-order valence-corrected chi connectivity index (χ4v) is 3.26. The molecule has 0 bridgehead atoms. The second-order valence-corrected chi connectivity index (χ2v) is 7.20. The van der Waals surface area contributed by atoms with Crippen LogP contribution in [-0.4, -0.2) is 49.6 Å². The summed E-state index contributed by atoms with van der Waals surface area (Å²) in [5.41, 5.74) is 0.323. The molecule has 24 heavy (non-hydrogen) atoms. The van der Waals surface area contributed by atoms with Crippen LogP contribution in [-0.2, 0) is 0 Å². The van der Waals surface area contributed by atoms with Crippen LogP contribution < -0.4 is 5.32 Å². The quantitative estimate of drug-likeness (QED) is 0.894. The van der Waals surface area contributed by atoms with Crippen molar-refractivity contribution in [1.29, 1.82) is 0 Å². The first-order valence-electron chi connectivity index (χ1n) is 8.43. The van der Waals surface area contributed by atoms with Gasteiger partial charge in [-0.15, -0.1) is 0 Å². The zero-order chi connectivity index (χ0) is 17.9. The van der Waals surface area contributed by atoms with Gasteiger partial charge in [0.15, 0.2) is 0 Å². The van der Waals surface area contributed by atoms with Gasteiger partial charge in [-0.05, 0) is 38.4 Å². The normalized spacial score (nSPS) is 19.2. The molecule has 6 heteroatoms. The Kier molecular flexibility index (Phi) is 6.15. The topological polar surface area (TPSA) is 35.6 Å². The van der Waals surface area contributed by atoms with E-state index in [0.29, 0.717) is 24.6 Å². The highest BCUT2D eigenvalue weighted by atomic mass is 19.1. The fraction of sp³-hybridized carbons (Fsp3) is 0.611. The van der Waals surface area contributed by atoms with E-state index in [0.717, 1.165) is 19.0 Å². The molecule has 1 N–H and O–H groups in total. The third kappa shape index (κ3) is 4.66. The molecule has 1 fully saturated rings. The van der Waals surface area contributed by atoms with Crippen molar-refractivity contribution in [2.45, 2.75) is 26.3 Å². The monoisotopic (exact) mass is 339 g/mol. The summed E-state index contributed by atoms with van der Waals surface area (Å²) in [5.74, 6) is -0.781. The smallest absolute Gasteiger partial charge is 0.317 e. The van der Waals surface area contributed by atoms with Crippen molar-refractivity contribution in [1.82, 2.24) is 15.1 Å². The molecule has 1 saturated heterocycles. The van der Waals surface area contributed by atoms with Crippen molar-refractivity contribution in [3.05, 3.63) is 35.4 Å². The second kappa shape index (κ2) is 7.92. The van der Waals surface area contributed by atoms with Crippen LogP contribution >= 0.6 is 0 Å². The maximum atomic E-state index is 14.1. The minimum absolute atomic E-state index is 0.00548. The number of nitrogens with one attached hydrogen (secondary N) is 1. The van der Waals surface area contributed by atoms with E-state index in [2.05, 4.69) is 10.2 Å². The van der Waals surface area contributed by atoms with Crippen LogP contribution in [0.4, 0.5) is 13.6 Å². The summed E-state index contributed by atoms with van der Waals surface area (Å²) >= 11 is 0. The molecule has 2 atom stereocenters. The summed E-state index contributed by atoms with van der Waals surface area (Å²) in [6, 6.07) is 2.83. The van der Waals surface area contributed by atoms with Gasteiger partial charge in [0, 0.05) is 31.3 Å². The number of carbonyl (C=O) groups excluding carboxylic acids is 1. The zero-order valence-corrected chi connectivity index (χ0v) is 14.9. The molecule has 2 amide bonds. The number of benzene rings is 1. The SMILES string of the molecule is CC(C)[C@@H](NC(=O)N1CC[C@H](CN(C)C)C1)c1ccc(F)cc1F. The minimum atomic E-state index is -0.624. The number of hydrogen-bond acceptors (Lipinski definition) is 2. The Balaban J connectivity index is 2.04. The minimum Gasteiger partial charge on any atom is -0.331 e. The highest BCUT2D eigenvalue weighted by Gasteiger charge is 2.29. The Morgan fingerprint density at radius 1 is 1.38 bits per heavy atom. The first kappa shape index (κ1) is 18.6. The average molecular weight is 339 g/mol. The predicted molar refractivity (Wildman–Crippen MR) is 90.7 cm³/mol. The van der Waals surface area contributed by atoms with Gasteiger partial charge in [0.2, 0.25) is 0 Å². The van der Waals surface area contributed by atoms with Gasteiger partial charge in [0.25, 0.3) is 0 Å². The molecular weight excluding hydrogens is 312 g/mol. The van der Waals surface area contributed by atoms with Gasteiger partial charge in [-0.25, -0.2) is 13.6 Å². The molecule has 1 aliphatic rings. The lowest BCUT2D eigenvalue weighted by Gasteiger charge is -2.27. The molecule has 0 aliphatic carbocycles. The van der Waals surface area contributed by atoms with Gasteiger partial charge < -0.3 is 15.1 Å². The number of rotatable bonds is 5. The number of hydrogen-bond donors (Lipinski definition) is 1. The van der Waals surface area contributed by atoms with E-state index in [-0.39, 0.29) is 11.9 Å². The molecule has 0 unspecified atom stereocenters. The maximum Gasteiger partial charge on any atom is 0.317 e. The summed E-state index contributed by atoms with van der Waals surface area (Å²) in [7, 11) is 4.05. The van der Waals surface area contributed by atoms with Crippen LogP contribution in [0.1, 0.15) is 31.9 Å². The third-order valence-electron chi connectivity index (χ3n) is 4.44. The number of carbonyl (C=O) groups is 1. The Labute approximate surface area is 142 Å². The number of likely N-dealkylation sites (tertiary alicyclic amines) is 1. The lowest BCUT2D eigenvalue weighted by atomic mass is 9.95. The van der Waals surface area contributed by atoms with Crippen LogP contribution in [0.15, 0.2) is 18.2 Å². The molecule has 0 spiro atoms. The van der Waals surface area contributed by atoms with Crippen LogP contribution in [0, 0.1) is 23.5 Å². The first-order chi connectivity index (χ1) is 11.3. The number of halogens is 2. The van der Waals surface area contributed by atoms with Gasteiger partial charge in [-0.1, -0.05) is 19.9 Å². The number of nitrogens with zero attached hydrogens (tertiary/aromatic N) is 2. The van der Waals surface area contributed by atoms with E-state index in [1.807, 2.05) is 27.9 Å². The zero-order valence-electron chi connectivity index (χ0n) is 14.9. The van der Waals surface area contributed by atoms with Gasteiger partial charge >= 0.3 is 6.03 Å². The maximum absolute atomic E-state index is 14.1. The van der Waals surface area contributed by atoms with Gasteiger partial charge in [-0.3, -0.25) is 0 Å². The van der Waals surface area contributed by atoms with Crippen molar-refractivity contribution < 1.29 is 13.6 Å². The predicted octanol–water partition coefficient (Wildman–Crippen LogP) is 3.26. The number of amides is 2. The summed E-state index contributed by atoms with van der Waals surface area (Å²) < 4.78 is 27.2. The van der Waals surface area contributed by atoms with Crippen molar-refractivity contribution in [2.24, 2.45) is 11.8 Å². The average Bonchev–Trinajstić information content (AvgIpc) is 2.92. The Bertz CT molecular complexity index is 577. The van der Waals surface area contributed by atoms with E-state index in [4.69, 9.17) is 0 Å². The van der Waals surface area contributed by atoms with Crippen molar-refractivity contribution in [2.75, 3.05) is 33.7 Å². The summed E-state index contributed by atoms with van der Waals surface area (Å²) in [6.45, 7) is 6.19. The molecule has 0 aromatic heterocycles. The molecule has 1 aliphatic heterocycles. The van der Waals surface area contributed by atoms with Gasteiger partial charge in [0.1, 0.15) is 11.6 Å². The van der Waals surface area contributed by atoms with Crippen LogP contribution in [0.2, 0.25) is 0 Å². The molecule has 0 radical (unpaired) electrons. The molecule has 1 aromatic rings. The van der Waals surface area contributed by atoms with Gasteiger partial charge in [0.05, 0.1) is 6.04 Å². The molecule has 4 nitrogen and oxygen atoms in total. The van der Waals surface area contributed by atoms with Gasteiger partial charge in [-0.2, -0.15) is 0 Å². The van der Waals surface area contributed by atoms with Crippen LogP contribution in [0.5, 0.6) is 0 Å². The summed E-state index contributed by atoms with van der Waals surface area (Å²) in [5, 5.41) is 2.92. The van der Waals surface area contributed by atoms with E-state index in [1.54, 1.807) is 4.90 Å². The van der Waals surface area contributed by atoms with Crippen molar-refractivity contribution >= 4 is 6.03 Å². The summed E-state index contributed by atoms with van der Waals surface area (Å²) in [4.78, 5) is 16.5. The Morgan fingerprint density at radius 2 is 2.08 bits per heavy atom. The Hall–Kier alpha value is -1.69. The highest BCUT2D eigenvalue weighted by Crippen LogP contribution is 2.26.